The van der Waals surface area contributed by atoms with E-state index in [1.807, 2.05) is 25.1 Å². The molecule has 0 aliphatic rings. The van der Waals surface area contributed by atoms with Crippen LogP contribution in [0.15, 0.2) is 52.3 Å². The minimum atomic E-state index is -0.147. The summed E-state index contributed by atoms with van der Waals surface area (Å²) in [5.41, 5.74) is 8.73. The molecular formula is C17H16BrNOS. The molecule has 2 aromatic carbocycles. The van der Waals surface area contributed by atoms with Crippen molar-refractivity contribution in [2.24, 2.45) is 5.73 Å². The predicted molar refractivity (Wildman–Crippen MR) is 93.2 cm³/mol. The molecule has 3 rings (SSSR count). The van der Waals surface area contributed by atoms with Gasteiger partial charge in [0.15, 0.2) is 0 Å². The second-order valence-electron chi connectivity index (χ2n) is 4.78. The number of thiophene rings is 1. The SMILES string of the molecule is CCOc1ccc(C(N)c2csc3ccccc23)c(Br)c1. The first-order chi connectivity index (χ1) is 10.2. The summed E-state index contributed by atoms with van der Waals surface area (Å²) in [4.78, 5) is 0. The largest absolute Gasteiger partial charge is 0.494 e. The fourth-order valence-corrected chi connectivity index (χ4v) is 4.03. The molecule has 0 saturated carbocycles. The zero-order valence-corrected chi connectivity index (χ0v) is 14.1. The Kier molecular flexibility index (Phi) is 4.29. The Morgan fingerprint density at radius 1 is 1.19 bits per heavy atom. The summed E-state index contributed by atoms with van der Waals surface area (Å²) in [7, 11) is 0. The number of benzene rings is 2. The number of hydrogen-bond acceptors (Lipinski definition) is 3. The van der Waals surface area contributed by atoms with Crippen LogP contribution in [0.1, 0.15) is 24.1 Å². The van der Waals surface area contributed by atoms with Crippen LogP contribution in [0.5, 0.6) is 5.75 Å². The van der Waals surface area contributed by atoms with Crippen LogP contribution < -0.4 is 10.5 Å². The Hall–Kier alpha value is -1.36. The van der Waals surface area contributed by atoms with Gasteiger partial charge < -0.3 is 10.5 Å². The molecule has 0 aliphatic carbocycles. The molecule has 0 saturated heterocycles. The number of rotatable bonds is 4. The van der Waals surface area contributed by atoms with Gasteiger partial charge in [0.1, 0.15) is 5.75 Å². The Labute approximate surface area is 136 Å². The number of halogens is 1. The maximum Gasteiger partial charge on any atom is 0.120 e. The minimum absolute atomic E-state index is 0.147. The van der Waals surface area contributed by atoms with Crippen LogP contribution in [0.4, 0.5) is 0 Å². The molecular weight excluding hydrogens is 346 g/mol. The molecule has 4 heteroatoms. The summed E-state index contributed by atoms with van der Waals surface area (Å²) in [6, 6.07) is 14.2. The molecule has 2 N–H and O–H groups in total. The van der Waals surface area contributed by atoms with Gasteiger partial charge in [0.05, 0.1) is 12.6 Å². The monoisotopic (exact) mass is 361 g/mol. The zero-order chi connectivity index (χ0) is 14.8. The smallest absolute Gasteiger partial charge is 0.120 e. The average molecular weight is 362 g/mol. The van der Waals surface area contributed by atoms with Crippen molar-refractivity contribution in [3.05, 3.63) is 63.4 Å². The molecule has 3 aromatic rings. The lowest BCUT2D eigenvalue weighted by Gasteiger charge is -2.15. The van der Waals surface area contributed by atoms with Gasteiger partial charge in [-0.3, -0.25) is 0 Å². The minimum Gasteiger partial charge on any atom is -0.494 e. The molecule has 1 aromatic heterocycles. The van der Waals surface area contributed by atoms with E-state index in [4.69, 9.17) is 10.5 Å². The molecule has 0 fully saturated rings. The fourth-order valence-electron chi connectivity index (χ4n) is 2.42. The van der Waals surface area contributed by atoms with Crippen molar-refractivity contribution in [2.75, 3.05) is 6.61 Å². The van der Waals surface area contributed by atoms with E-state index in [1.54, 1.807) is 11.3 Å². The molecule has 0 radical (unpaired) electrons. The van der Waals surface area contributed by atoms with Crippen LogP contribution >= 0.6 is 27.3 Å². The normalized spacial score (nSPS) is 12.5. The highest BCUT2D eigenvalue weighted by atomic mass is 79.9. The van der Waals surface area contributed by atoms with Gasteiger partial charge in [-0.2, -0.15) is 0 Å². The molecule has 2 nitrogen and oxygen atoms in total. The third-order valence-corrected chi connectivity index (χ3v) is 5.13. The van der Waals surface area contributed by atoms with E-state index in [2.05, 4.69) is 45.6 Å². The quantitative estimate of drug-likeness (QED) is 0.700. The van der Waals surface area contributed by atoms with Gasteiger partial charge in [0, 0.05) is 9.17 Å². The molecule has 1 heterocycles. The Bertz CT molecular complexity index is 768. The topological polar surface area (TPSA) is 35.2 Å². The van der Waals surface area contributed by atoms with Crippen LogP contribution in [-0.2, 0) is 0 Å². The van der Waals surface area contributed by atoms with Crippen LogP contribution in [0.3, 0.4) is 0 Å². The van der Waals surface area contributed by atoms with E-state index in [0.29, 0.717) is 6.61 Å². The zero-order valence-electron chi connectivity index (χ0n) is 11.7. The van der Waals surface area contributed by atoms with Crippen LogP contribution in [0.25, 0.3) is 10.1 Å². The summed E-state index contributed by atoms with van der Waals surface area (Å²) < 4.78 is 7.76. The van der Waals surface area contributed by atoms with Gasteiger partial charge in [-0.15, -0.1) is 11.3 Å². The number of ether oxygens (including phenoxy) is 1. The van der Waals surface area contributed by atoms with Gasteiger partial charge in [0.25, 0.3) is 0 Å². The lowest BCUT2D eigenvalue weighted by atomic mass is 9.99. The first-order valence-corrected chi connectivity index (χ1v) is 8.52. The third-order valence-electron chi connectivity index (χ3n) is 3.46. The second kappa shape index (κ2) is 6.18. The van der Waals surface area contributed by atoms with Crippen LogP contribution in [-0.4, -0.2) is 6.61 Å². The molecule has 21 heavy (non-hydrogen) atoms. The summed E-state index contributed by atoms with van der Waals surface area (Å²) in [5, 5.41) is 3.38. The molecule has 0 spiro atoms. The molecule has 1 atom stereocenters. The van der Waals surface area contributed by atoms with Gasteiger partial charge in [-0.05, 0) is 47.0 Å². The molecule has 108 valence electrons. The number of nitrogens with two attached hydrogens (primary N) is 1. The van der Waals surface area contributed by atoms with Crippen molar-refractivity contribution in [3.8, 4) is 5.75 Å². The van der Waals surface area contributed by atoms with Gasteiger partial charge >= 0.3 is 0 Å². The van der Waals surface area contributed by atoms with Crippen molar-refractivity contribution in [1.29, 1.82) is 0 Å². The number of fused-ring (bicyclic) bond motifs is 1. The van der Waals surface area contributed by atoms with Gasteiger partial charge in [0.2, 0.25) is 0 Å². The Morgan fingerprint density at radius 3 is 2.76 bits per heavy atom. The van der Waals surface area contributed by atoms with E-state index < -0.39 is 0 Å². The molecule has 0 amide bonds. The second-order valence-corrected chi connectivity index (χ2v) is 6.55. The van der Waals surface area contributed by atoms with E-state index in [-0.39, 0.29) is 6.04 Å². The maximum absolute atomic E-state index is 6.49. The first kappa shape index (κ1) is 14.6. The Morgan fingerprint density at radius 2 is 2.00 bits per heavy atom. The highest BCUT2D eigenvalue weighted by Gasteiger charge is 2.16. The van der Waals surface area contributed by atoms with Crippen molar-refractivity contribution >= 4 is 37.4 Å². The Balaban J connectivity index is 2.00. The van der Waals surface area contributed by atoms with E-state index in [0.717, 1.165) is 15.8 Å². The summed E-state index contributed by atoms with van der Waals surface area (Å²) in [6.45, 7) is 2.64. The summed E-state index contributed by atoms with van der Waals surface area (Å²) in [6.07, 6.45) is 0. The van der Waals surface area contributed by atoms with Crippen LogP contribution in [0, 0.1) is 0 Å². The highest BCUT2D eigenvalue weighted by molar-refractivity contribution is 9.10. The van der Waals surface area contributed by atoms with E-state index in [9.17, 15) is 0 Å². The van der Waals surface area contributed by atoms with Crippen molar-refractivity contribution in [2.45, 2.75) is 13.0 Å². The van der Waals surface area contributed by atoms with E-state index >= 15 is 0 Å². The van der Waals surface area contributed by atoms with E-state index in [1.165, 1.54) is 15.6 Å². The lowest BCUT2D eigenvalue weighted by Crippen LogP contribution is -2.12. The summed E-state index contributed by atoms with van der Waals surface area (Å²) in [5.74, 6) is 0.857. The third kappa shape index (κ3) is 2.84. The molecule has 1 unspecified atom stereocenters. The first-order valence-electron chi connectivity index (χ1n) is 6.84. The van der Waals surface area contributed by atoms with Crippen molar-refractivity contribution < 1.29 is 4.74 Å². The molecule has 0 bridgehead atoms. The maximum atomic E-state index is 6.49. The fraction of sp³-hybridized carbons (Fsp3) is 0.176. The highest BCUT2D eigenvalue weighted by Crippen LogP contribution is 2.35. The van der Waals surface area contributed by atoms with Crippen molar-refractivity contribution in [3.63, 3.8) is 0 Å². The predicted octanol–water partition coefficient (Wildman–Crippen LogP) is 5.11. The van der Waals surface area contributed by atoms with Crippen molar-refractivity contribution in [1.82, 2.24) is 0 Å². The average Bonchev–Trinajstić information content (AvgIpc) is 2.91. The van der Waals surface area contributed by atoms with Gasteiger partial charge in [-0.25, -0.2) is 0 Å². The van der Waals surface area contributed by atoms with Crippen LogP contribution in [0.2, 0.25) is 0 Å². The molecule has 0 aliphatic heterocycles. The number of hydrogen-bond donors (Lipinski definition) is 1. The lowest BCUT2D eigenvalue weighted by molar-refractivity contribution is 0.340. The standard InChI is InChI=1S/C17H16BrNOS/c1-2-20-11-7-8-13(15(18)9-11)17(19)14-10-21-16-6-4-3-5-12(14)16/h3-10,17H,2,19H2,1H3. The van der Waals surface area contributed by atoms with Gasteiger partial charge in [-0.1, -0.05) is 40.2 Å². The summed E-state index contributed by atoms with van der Waals surface area (Å²) >= 11 is 5.34.